The number of hydrogen-bond acceptors (Lipinski definition) is 6. The van der Waals surface area contributed by atoms with Crippen molar-refractivity contribution in [3.8, 4) is 0 Å². The zero-order valence-electron chi connectivity index (χ0n) is 13.1. The molecule has 9 heteroatoms. The Balaban J connectivity index is 1.69. The van der Waals surface area contributed by atoms with E-state index in [1.807, 2.05) is 6.92 Å². The number of nitrogens with zero attached hydrogens (tertiary/aromatic N) is 3. The van der Waals surface area contributed by atoms with Crippen LogP contribution in [0.25, 0.3) is 0 Å². The molecule has 0 bridgehead atoms. The van der Waals surface area contributed by atoms with Gasteiger partial charge in [0.25, 0.3) is 5.91 Å². The van der Waals surface area contributed by atoms with E-state index in [2.05, 4.69) is 20.8 Å². The first-order valence-electron chi connectivity index (χ1n) is 7.66. The summed E-state index contributed by atoms with van der Waals surface area (Å²) in [5.74, 6) is -0.671. The average molecular weight is 337 g/mol. The first-order valence-corrected chi connectivity index (χ1v) is 8.48. The highest BCUT2D eigenvalue weighted by atomic mass is 32.1. The van der Waals surface area contributed by atoms with E-state index < -0.39 is 17.5 Å². The molecule has 4 amide bonds. The van der Waals surface area contributed by atoms with Crippen LogP contribution in [0.1, 0.15) is 37.6 Å². The number of carbonyl (C=O) groups is 3. The largest absolute Gasteiger partial charge is 0.325 e. The van der Waals surface area contributed by atoms with Crippen LogP contribution in [0.15, 0.2) is 0 Å². The van der Waals surface area contributed by atoms with Crippen LogP contribution in [0.2, 0.25) is 0 Å². The summed E-state index contributed by atoms with van der Waals surface area (Å²) in [4.78, 5) is 38.0. The molecule has 8 nitrogen and oxygen atoms in total. The highest BCUT2D eigenvalue weighted by Gasteiger charge is 2.55. The minimum absolute atomic E-state index is 0.0755. The van der Waals surface area contributed by atoms with E-state index in [4.69, 9.17) is 0 Å². The fourth-order valence-electron chi connectivity index (χ4n) is 3.29. The van der Waals surface area contributed by atoms with Gasteiger partial charge >= 0.3 is 6.03 Å². The normalized spacial score (nSPS) is 27.4. The highest BCUT2D eigenvalue weighted by molar-refractivity contribution is 7.15. The van der Waals surface area contributed by atoms with Gasteiger partial charge in [0.2, 0.25) is 11.0 Å². The van der Waals surface area contributed by atoms with Gasteiger partial charge in [-0.3, -0.25) is 19.8 Å². The van der Waals surface area contributed by atoms with Crippen LogP contribution >= 0.6 is 11.3 Å². The van der Waals surface area contributed by atoms with Gasteiger partial charge in [-0.1, -0.05) is 31.1 Å². The lowest BCUT2D eigenvalue weighted by molar-refractivity contribution is -0.136. The molecule has 1 saturated carbocycles. The van der Waals surface area contributed by atoms with Crippen molar-refractivity contribution in [3.05, 3.63) is 5.01 Å². The predicted molar refractivity (Wildman–Crippen MR) is 83.9 cm³/mol. The summed E-state index contributed by atoms with van der Waals surface area (Å²) in [7, 11) is 0. The number of aromatic nitrogens is 2. The molecule has 1 aliphatic heterocycles. The molecule has 1 aromatic rings. The van der Waals surface area contributed by atoms with E-state index in [-0.39, 0.29) is 18.4 Å². The monoisotopic (exact) mass is 337 g/mol. The Labute approximate surface area is 137 Å². The molecule has 1 aromatic heterocycles. The minimum Gasteiger partial charge on any atom is -0.323 e. The van der Waals surface area contributed by atoms with E-state index in [0.717, 1.165) is 29.2 Å². The molecule has 2 atom stereocenters. The molecular formula is C14H19N5O3S. The van der Waals surface area contributed by atoms with Crippen LogP contribution in [0.3, 0.4) is 0 Å². The summed E-state index contributed by atoms with van der Waals surface area (Å²) < 4.78 is 0. The number of urea groups is 1. The topological polar surface area (TPSA) is 104 Å². The van der Waals surface area contributed by atoms with Crippen molar-refractivity contribution in [2.45, 2.75) is 45.1 Å². The van der Waals surface area contributed by atoms with Crippen molar-refractivity contribution in [3.63, 3.8) is 0 Å². The van der Waals surface area contributed by atoms with Crippen molar-refractivity contribution < 1.29 is 14.4 Å². The molecule has 0 unspecified atom stereocenters. The first-order chi connectivity index (χ1) is 10.9. The number of hydrogen-bond donors (Lipinski definition) is 2. The van der Waals surface area contributed by atoms with Gasteiger partial charge < -0.3 is 5.32 Å². The standard InChI is InChI=1S/C14H19N5O3S/c1-8-5-3-4-6-14(8)11(21)19(13(22)16-14)7-10(20)15-12-18-17-9(2)23-12/h8H,3-7H2,1-2H3,(H,16,22)(H,15,18,20)/t8-,14+/m0/s1. The third-order valence-corrected chi connectivity index (χ3v) is 5.33. The number of imide groups is 1. The Bertz CT molecular complexity index is 661. The predicted octanol–water partition coefficient (Wildman–Crippen LogP) is 1.29. The number of carbonyl (C=O) groups excluding carboxylic acids is 3. The van der Waals surface area contributed by atoms with Gasteiger partial charge in [0.05, 0.1) is 0 Å². The van der Waals surface area contributed by atoms with Gasteiger partial charge in [-0.25, -0.2) is 4.79 Å². The molecule has 2 N–H and O–H groups in total. The van der Waals surface area contributed by atoms with Crippen molar-refractivity contribution in [1.82, 2.24) is 20.4 Å². The molecule has 2 heterocycles. The summed E-state index contributed by atoms with van der Waals surface area (Å²) in [6.07, 6.45) is 3.49. The Hall–Kier alpha value is -2.03. The maximum atomic E-state index is 12.7. The van der Waals surface area contributed by atoms with E-state index in [0.29, 0.717) is 11.6 Å². The van der Waals surface area contributed by atoms with Crippen molar-refractivity contribution in [2.24, 2.45) is 5.92 Å². The van der Waals surface area contributed by atoms with E-state index in [1.54, 1.807) is 6.92 Å². The number of aryl methyl sites for hydroxylation is 1. The SMILES string of the molecule is Cc1nnc(NC(=O)CN2C(=O)N[C@@]3(CCCC[C@@H]3C)C2=O)s1. The van der Waals surface area contributed by atoms with E-state index >= 15 is 0 Å². The maximum absolute atomic E-state index is 12.7. The Kier molecular flexibility index (Phi) is 4.05. The number of nitrogens with one attached hydrogen (secondary N) is 2. The summed E-state index contributed by atoms with van der Waals surface area (Å²) in [6, 6.07) is -0.493. The highest BCUT2D eigenvalue weighted by Crippen LogP contribution is 2.38. The maximum Gasteiger partial charge on any atom is 0.325 e. The summed E-state index contributed by atoms with van der Waals surface area (Å²) >= 11 is 1.24. The summed E-state index contributed by atoms with van der Waals surface area (Å²) in [5, 5.41) is 14.1. The number of rotatable bonds is 3. The Morgan fingerprint density at radius 1 is 1.43 bits per heavy atom. The second-order valence-corrected chi connectivity index (χ2v) is 7.30. The number of amides is 4. The molecule has 2 fully saturated rings. The second kappa shape index (κ2) is 5.88. The van der Waals surface area contributed by atoms with Crippen molar-refractivity contribution in [2.75, 3.05) is 11.9 Å². The van der Waals surface area contributed by atoms with Crippen LogP contribution in [-0.4, -0.2) is 45.0 Å². The second-order valence-electron chi connectivity index (χ2n) is 6.11. The van der Waals surface area contributed by atoms with Gasteiger partial charge in [0, 0.05) is 0 Å². The molecule has 0 aromatic carbocycles. The van der Waals surface area contributed by atoms with Crippen LogP contribution in [-0.2, 0) is 9.59 Å². The molecule has 1 saturated heterocycles. The van der Waals surface area contributed by atoms with Crippen molar-refractivity contribution in [1.29, 1.82) is 0 Å². The van der Waals surface area contributed by atoms with Gasteiger partial charge in [-0.15, -0.1) is 10.2 Å². The molecule has 0 radical (unpaired) electrons. The first kappa shape index (κ1) is 15.9. The zero-order valence-corrected chi connectivity index (χ0v) is 13.9. The Morgan fingerprint density at radius 2 is 2.22 bits per heavy atom. The molecule has 2 aliphatic rings. The molecule has 3 rings (SSSR count). The van der Waals surface area contributed by atoms with Crippen LogP contribution in [0.4, 0.5) is 9.93 Å². The Morgan fingerprint density at radius 3 is 2.87 bits per heavy atom. The third kappa shape index (κ3) is 2.80. The average Bonchev–Trinajstić information content (AvgIpc) is 3.00. The summed E-state index contributed by atoms with van der Waals surface area (Å²) in [5.41, 5.74) is -0.838. The van der Waals surface area contributed by atoms with Crippen molar-refractivity contribution >= 4 is 34.3 Å². The lowest BCUT2D eigenvalue weighted by Crippen LogP contribution is -2.54. The minimum atomic E-state index is -0.838. The van der Waals surface area contributed by atoms with Gasteiger partial charge in [0.1, 0.15) is 17.1 Å². The lowest BCUT2D eigenvalue weighted by atomic mass is 9.73. The molecule has 1 spiro atoms. The van der Waals surface area contributed by atoms with E-state index in [1.165, 1.54) is 11.3 Å². The van der Waals surface area contributed by atoms with Gasteiger partial charge in [-0.2, -0.15) is 0 Å². The molecule has 1 aliphatic carbocycles. The summed E-state index contributed by atoms with van der Waals surface area (Å²) in [6.45, 7) is 3.45. The molecule has 124 valence electrons. The fourth-order valence-corrected chi connectivity index (χ4v) is 3.90. The van der Waals surface area contributed by atoms with Crippen LogP contribution < -0.4 is 10.6 Å². The number of anilines is 1. The lowest BCUT2D eigenvalue weighted by Gasteiger charge is -2.36. The van der Waals surface area contributed by atoms with Gasteiger partial charge in [-0.05, 0) is 25.7 Å². The fraction of sp³-hybridized carbons (Fsp3) is 0.643. The molecule has 23 heavy (non-hydrogen) atoms. The third-order valence-electron chi connectivity index (χ3n) is 4.58. The van der Waals surface area contributed by atoms with Crippen LogP contribution in [0, 0.1) is 12.8 Å². The smallest absolute Gasteiger partial charge is 0.323 e. The van der Waals surface area contributed by atoms with Crippen LogP contribution in [0.5, 0.6) is 0 Å². The quantitative estimate of drug-likeness (QED) is 0.809. The van der Waals surface area contributed by atoms with E-state index in [9.17, 15) is 14.4 Å². The van der Waals surface area contributed by atoms with Gasteiger partial charge in [0.15, 0.2) is 0 Å². The molecular weight excluding hydrogens is 318 g/mol. The zero-order chi connectivity index (χ0) is 16.6.